The third-order valence-corrected chi connectivity index (χ3v) is 6.53. The van der Waals surface area contributed by atoms with E-state index in [0.29, 0.717) is 0 Å². The zero-order valence-electron chi connectivity index (χ0n) is 21.0. The quantitative estimate of drug-likeness (QED) is 0.490. The predicted molar refractivity (Wildman–Crippen MR) is 129 cm³/mol. The normalized spacial score (nSPS) is 18.3. The number of carbonyl (C=O) groups is 2. The van der Waals surface area contributed by atoms with Crippen LogP contribution in [0.5, 0.6) is 0 Å². The summed E-state index contributed by atoms with van der Waals surface area (Å²) < 4.78 is 0. The van der Waals surface area contributed by atoms with Crippen molar-refractivity contribution in [2.45, 2.75) is 60.3 Å². The molecule has 0 aromatic rings. The summed E-state index contributed by atoms with van der Waals surface area (Å²) in [6.45, 7) is 15.2. The molecule has 176 valence electrons. The summed E-state index contributed by atoms with van der Waals surface area (Å²) in [4.78, 5) is 29.2. The standard InChI is InChI=1S/C14H26N2O.C12H19NO/c1-12(2)13-7-10-16(11-8-13)14(17)6-5-9-15(3)4;1-4-5-12(14)13-8-6-11(7-9-13)10(2)3/h5-6,12-13H,7-11H2,1-4H3;10-11H,6-9H2,1-3H3/b6-5+;. The SMILES string of the molecule is CC#CC(=O)N1CCC(C(C)C)CC1.CC(C)C1CCN(C(=O)/C=C/CN(C)C)CC1. The van der Waals surface area contributed by atoms with Gasteiger partial charge in [-0.05, 0) is 76.3 Å². The second kappa shape index (κ2) is 14.3. The van der Waals surface area contributed by atoms with E-state index in [4.69, 9.17) is 0 Å². The molecule has 0 bridgehead atoms. The van der Waals surface area contributed by atoms with E-state index in [1.54, 1.807) is 13.0 Å². The predicted octanol–water partition coefficient (Wildman–Crippen LogP) is 3.90. The van der Waals surface area contributed by atoms with Gasteiger partial charge in [0, 0.05) is 38.8 Å². The van der Waals surface area contributed by atoms with Gasteiger partial charge in [0.15, 0.2) is 0 Å². The van der Waals surface area contributed by atoms with Crippen molar-refractivity contribution in [3.8, 4) is 11.8 Å². The number of likely N-dealkylation sites (tertiary alicyclic amines) is 2. The lowest BCUT2D eigenvalue weighted by molar-refractivity contribution is -0.128. The van der Waals surface area contributed by atoms with Gasteiger partial charge < -0.3 is 14.7 Å². The van der Waals surface area contributed by atoms with Crippen LogP contribution >= 0.6 is 0 Å². The highest BCUT2D eigenvalue weighted by molar-refractivity contribution is 5.93. The minimum Gasteiger partial charge on any atom is -0.339 e. The van der Waals surface area contributed by atoms with E-state index in [-0.39, 0.29) is 11.8 Å². The van der Waals surface area contributed by atoms with Gasteiger partial charge in [-0.15, -0.1) is 0 Å². The minimum atomic E-state index is -0.00490. The fourth-order valence-corrected chi connectivity index (χ4v) is 4.21. The Hall–Kier alpha value is -1.80. The van der Waals surface area contributed by atoms with Gasteiger partial charge in [0.25, 0.3) is 5.91 Å². The van der Waals surface area contributed by atoms with Crippen molar-refractivity contribution in [3.05, 3.63) is 12.2 Å². The van der Waals surface area contributed by atoms with Crippen LogP contribution in [0.4, 0.5) is 0 Å². The number of nitrogens with zero attached hydrogens (tertiary/aromatic N) is 3. The molecule has 5 nitrogen and oxygen atoms in total. The van der Waals surface area contributed by atoms with Gasteiger partial charge in [-0.2, -0.15) is 0 Å². The molecule has 0 aromatic heterocycles. The number of hydrogen-bond acceptors (Lipinski definition) is 3. The van der Waals surface area contributed by atoms with Gasteiger partial charge >= 0.3 is 0 Å². The number of piperidine rings is 2. The number of amides is 2. The Kier molecular flexibility index (Phi) is 12.6. The van der Waals surface area contributed by atoms with Crippen LogP contribution < -0.4 is 0 Å². The molecule has 0 unspecified atom stereocenters. The molecule has 2 heterocycles. The van der Waals surface area contributed by atoms with Gasteiger partial charge in [-0.25, -0.2) is 0 Å². The Morgan fingerprint density at radius 2 is 1.35 bits per heavy atom. The Bertz CT molecular complexity index is 627. The second-order valence-electron chi connectivity index (χ2n) is 9.82. The van der Waals surface area contributed by atoms with Crippen LogP contribution in [0.2, 0.25) is 0 Å². The summed E-state index contributed by atoms with van der Waals surface area (Å²) in [5.41, 5.74) is 0. The molecule has 2 amide bonds. The first-order valence-corrected chi connectivity index (χ1v) is 12.0. The fraction of sp³-hybridized carbons (Fsp3) is 0.769. The highest BCUT2D eigenvalue weighted by atomic mass is 16.2. The molecule has 2 rings (SSSR count). The summed E-state index contributed by atoms with van der Waals surface area (Å²) in [5, 5.41) is 0. The molecule has 0 saturated carbocycles. The first-order valence-electron chi connectivity index (χ1n) is 12.0. The molecule has 2 aliphatic rings. The van der Waals surface area contributed by atoms with Gasteiger partial charge in [0.2, 0.25) is 5.91 Å². The molecule has 0 radical (unpaired) electrons. The number of carbonyl (C=O) groups excluding carboxylic acids is 2. The molecule has 31 heavy (non-hydrogen) atoms. The van der Waals surface area contributed by atoms with E-state index >= 15 is 0 Å². The van der Waals surface area contributed by atoms with Crippen molar-refractivity contribution < 1.29 is 9.59 Å². The fourth-order valence-electron chi connectivity index (χ4n) is 4.21. The lowest BCUT2D eigenvalue weighted by Gasteiger charge is -2.33. The number of hydrogen-bond donors (Lipinski definition) is 0. The highest BCUT2D eigenvalue weighted by Crippen LogP contribution is 2.25. The topological polar surface area (TPSA) is 43.9 Å². The Labute approximate surface area is 191 Å². The molecule has 0 N–H and O–H groups in total. The van der Waals surface area contributed by atoms with Gasteiger partial charge in [-0.1, -0.05) is 39.7 Å². The third-order valence-electron chi connectivity index (χ3n) is 6.53. The molecular weight excluding hydrogens is 386 g/mol. The lowest BCUT2D eigenvalue weighted by atomic mass is 9.87. The van der Waals surface area contributed by atoms with Crippen LogP contribution in [0, 0.1) is 35.5 Å². The first kappa shape index (κ1) is 27.2. The monoisotopic (exact) mass is 431 g/mol. The molecule has 0 spiro atoms. The molecule has 0 atom stereocenters. The summed E-state index contributed by atoms with van der Waals surface area (Å²) in [6, 6.07) is 0. The van der Waals surface area contributed by atoms with Crippen molar-refractivity contribution in [2.75, 3.05) is 46.8 Å². The molecule has 0 aliphatic carbocycles. The van der Waals surface area contributed by atoms with Crippen LogP contribution in [-0.2, 0) is 9.59 Å². The largest absolute Gasteiger partial charge is 0.339 e. The molecule has 0 aromatic carbocycles. The van der Waals surface area contributed by atoms with Crippen LogP contribution in [0.15, 0.2) is 12.2 Å². The van der Waals surface area contributed by atoms with E-state index in [1.165, 1.54) is 0 Å². The van der Waals surface area contributed by atoms with Crippen LogP contribution in [0.3, 0.4) is 0 Å². The third kappa shape index (κ3) is 10.4. The smallest absolute Gasteiger partial charge is 0.298 e. The van der Waals surface area contributed by atoms with E-state index < -0.39 is 0 Å². The van der Waals surface area contributed by atoms with Gasteiger partial charge in [0.05, 0.1) is 0 Å². The molecule has 5 heteroatoms. The number of rotatable bonds is 5. The second-order valence-corrected chi connectivity index (χ2v) is 9.82. The van der Waals surface area contributed by atoms with Gasteiger partial charge in [0.1, 0.15) is 0 Å². The zero-order chi connectivity index (χ0) is 23.4. The van der Waals surface area contributed by atoms with Crippen molar-refractivity contribution in [3.63, 3.8) is 0 Å². The van der Waals surface area contributed by atoms with E-state index in [1.807, 2.05) is 30.0 Å². The zero-order valence-corrected chi connectivity index (χ0v) is 21.0. The van der Waals surface area contributed by atoms with Crippen LogP contribution in [-0.4, -0.2) is 73.3 Å². The Balaban J connectivity index is 0.000000316. The van der Waals surface area contributed by atoms with Gasteiger partial charge in [-0.3, -0.25) is 9.59 Å². The van der Waals surface area contributed by atoms with E-state index in [2.05, 4.69) is 44.4 Å². The summed E-state index contributed by atoms with van der Waals surface area (Å²) in [6.07, 6.45) is 8.24. The average molecular weight is 432 g/mol. The van der Waals surface area contributed by atoms with Crippen molar-refractivity contribution in [1.29, 1.82) is 0 Å². The minimum absolute atomic E-state index is 0.00490. The van der Waals surface area contributed by atoms with Crippen LogP contribution in [0.1, 0.15) is 60.3 Å². The van der Waals surface area contributed by atoms with E-state index in [0.717, 1.165) is 82.1 Å². The highest BCUT2D eigenvalue weighted by Gasteiger charge is 2.24. The maximum atomic E-state index is 11.9. The summed E-state index contributed by atoms with van der Waals surface area (Å²) in [5.74, 6) is 8.49. The molecule has 2 fully saturated rings. The average Bonchev–Trinajstić information content (AvgIpc) is 2.74. The maximum Gasteiger partial charge on any atom is 0.298 e. The Morgan fingerprint density at radius 1 is 0.903 bits per heavy atom. The molecular formula is C26H45N3O2. The van der Waals surface area contributed by atoms with Crippen LogP contribution in [0.25, 0.3) is 0 Å². The summed E-state index contributed by atoms with van der Waals surface area (Å²) >= 11 is 0. The maximum absolute atomic E-state index is 11.9. The van der Waals surface area contributed by atoms with E-state index in [9.17, 15) is 9.59 Å². The number of likely N-dealkylation sites (N-methyl/N-ethyl adjacent to an activating group) is 1. The molecule has 2 aliphatic heterocycles. The van der Waals surface area contributed by atoms with Crippen molar-refractivity contribution >= 4 is 11.8 Å². The Morgan fingerprint density at radius 3 is 1.74 bits per heavy atom. The summed E-state index contributed by atoms with van der Waals surface area (Å²) in [7, 11) is 4.01. The lowest BCUT2D eigenvalue weighted by Crippen LogP contribution is -2.38. The van der Waals surface area contributed by atoms with Crippen molar-refractivity contribution in [2.24, 2.45) is 23.7 Å². The molecule has 2 saturated heterocycles. The first-order chi connectivity index (χ1) is 14.6. The van der Waals surface area contributed by atoms with Crippen molar-refractivity contribution in [1.82, 2.24) is 14.7 Å².